The van der Waals surface area contributed by atoms with Gasteiger partial charge in [-0.3, -0.25) is 0 Å². The van der Waals surface area contributed by atoms with Crippen molar-refractivity contribution in [2.24, 2.45) is 0 Å². The van der Waals surface area contributed by atoms with E-state index in [1.165, 1.54) is 0 Å². The Morgan fingerprint density at radius 1 is 1.35 bits per heavy atom. The topological polar surface area (TPSA) is 25.4 Å². The molecule has 0 unspecified atom stereocenters. The smallest absolute Gasteiger partial charge is 0.189 e. The number of rotatable bonds is 4. The van der Waals surface area contributed by atoms with Crippen molar-refractivity contribution >= 4 is 33.8 Å². The number of hydrogen-bond acceptors (Lipinski definition) is 4. The molecule has 0 radical (unpaired) electrons. The highest BCUT2D eigenvalue weighted by Gasteiger charge is 2.08. The van der Waals surface area contributed by atoms with E-state index < -0.39 is 0 Å². The Hall–Kier alpha value is -1.26. The van der Waals surface area contributed by atoms with E-state index in [0.29, 0.717) is 5.88 Å². The average molecular weight is 269 g/mol. The second kappa shape index (κ2) is 5.38. The molecule has 0 aliphatic heterocycles. The normalized spacial score (nSPS) is 10.3. The number of methoxy groups -OCH3 is 1. The first kappa shape index (κ1) is 12.2. The van der Waals surface area contributed by atoms with Gasteiger partial charge in [-0.1, -0.05) is 0 Å². The lowest BCUT2D eigenvalue weighted by Crippen LogP contribution is -2.08. The fourth-order valence-corrected chi connectivity index (χ4v) is 2.47. The third kappa shape index (κ3) is 2.70. The van der Waals surface area contributed by atoms with Crippen LogP contribution >= 0.6 is 22.9 Å². The molecule has 0 atom stereocenters. The quantitative estimate of drug-likeness (QED) is 0.792. The summed E-state index contributed by atoms with van der Waals surface area (Å²) in [7, 11) is 3.64. The molecule has 90 valence electrons. The summed E-state index contributed by atoms with van der Waals surface area (Å²) in [4.78, 5) is 6.46. The lowest BCUT2D eigenvalue weighted by molar-refractivity contribution is 0.415. The maximum atomic E-state index is 5.74. The number of thiazole rings is 1. The van der Waals surface area contributed by atoms with Gasteiger partial charge in [-0.15, -0.1) is 22.9 Å². The lowest BCUT2D eigenvalue weighted by atomic mass is 10.3. The molecule has 0 amide bonds. The molecule has 2 aromatic rings. The number of benzene rings is 1. The molecular formula is C12H13ClN2OS. The Morgan fingerprint density at radius 2 is 2.06 bits per heavy atom. The summed E-state index contributed by atoms with van der Waals surface area (Å²) < 4.78 is 5.13. The molecule has 1 heterocycles. The monoisotopic (exact) mass is 268 g/mol. The zero-order valence-electron chi connectivity index (χ0n) is 9.68. The minimum absolute atomic E-state index is 0.451. The van der Waals surface area contributed by atoms with Crippen molar-refractivity contribution in [3.05, 3.63) is 35.3 Å². The molecule has 3 nitrogen and oxygen atoms in total. The van der Waals surface area contributed by atoms with Crippen molar-refractivity contribution in [2.45, 2.75) is 5.88 Å². The van der Waals surface area contributed by atoms with E-state index in [1.807, 2.05) is 41.6 Å². The van der Waals surface area contributed by atoms with Crippen molar-refractivity contribution in [1.29, 1.82) is 0 Å². The van der Waals surface area contributed by atoms with Crippen molar-refractivity contribution in [3.63, 3.8) is 0 Å². The van der Waals surface area contributed by atoms with Gasteiger partial charge in [-0.05, 0) is 24.3 Å². The Balaban J connectivity index is 2.20. The minimum atomic E-state index is 0.451. The Bertz CT molecular complexity index is 484. The Labute approximate surface area is 110 Å². The van der Waals surface area contributed by atoms with Crippen molar-refractivity contribution in [1.82, 2.24) is 4.98 Å². The number of alkyl halides is 1. The van der Waals surface area contributed by atoms with Crippen LogP contribution in [0, 0.1) is 0 Å². The first-order valence-corrected chi connectivity index (χ1v) is 6.54. The van der Waals surface area contributed by atoms with Crippen LogP contribution in [0.5, 0.6) is 5.75 Å². The van der Waals surface area contributed by atoms with Crippen LogP contribution in [0.3, 0.4) is 0 Å². The van der Waals surface area contributed by atoms with E-state index in [9.17, 15) is 0 Å². The summed E-state index contributed by atoms with van der Waals surface area (Å²) in [6, 6.07) is 7.87. The Kier molecular flexibility index (Phi) is 3.86. The number of ether oxygens (including phenoxy) is 1. The summed E-state index contributed by atoms with van der Waals surface area (Å²) in [5.41, 5.74) is 1.98. The first-order chi connectivity index (χ1) is 8.24. The molecule has 0 saturated heterocycles. The molecule has 0 aliphatic carbocycles. The molecule has 1 aromatic carbocycles. The SMILES string of the molecule is COc1ccc(N(C)c2nc(CCl)cs2)cc1. The van der Waals surface area contributed by atoms with Gasteiger partial charge in [-0.2, -0.15) is 0 Å². The molecule has 0 spiro atoms. The molecule has 5 heteroatoms. The van der Waals surface area contributed by atoms with Crippen LogP contribution in [0.1, 0.15) is 5.69 Å². The molecule has 0 bridgehead atoms. The van der Waals surface area contributed by atoms with Gasteiger partial charge in [0.2, 0.25) is 0 Å². The zero-order valence-corrected chi connectivity index (χ0v) is 11.3. The number of aromatic nitrogens is 1. The summed E-state index contributed by atoms with van der Waals surface area (Å²) in [6.07, 6.45) is 0. The number of halogens is 1. The molecule has 0 aliphatic rings. The van der Waals surface area contributed by atoms with Gasteiger partial charge in [0.05, 0.1) is 18.7 Å². The molecule has 2 rings (SSSR count). The van der Waals surface area contributed by atoms with Crippen LogP contribution in [0.4, 0.5) is 10.8 Å². The predicted octanol–water partition coefficient (Wildman–Crippen LogP) is 3.66. The van der Waals surface area contributed by atoms with Gasteiger partial charge in [0, 0.05) is 18.1 Å². The molecule has 17 heavy (non-hydrogen) atoms. The summed E-state index contributed by atoms with van der Waals surface area (Å²) >= 11 is 7.33. The van der Waals surface area contributed by atoms with E-state index in [0.717, 1.165) is 22.3 Å². The third-order valence-corrected chi connectivity index (χ3v) is 3.66. The molecule has 1 aromatic heterocycles. The van der Waals surface area contributed by atoms with E-state index >= 15 is 0 Å². The summed E-state index contributed by atoms with van der Waals surface area (Å²) in [5, 5.41) is 2.91. The second-order valence-corrected chi connectivity index (χ2v) is 4.62. The van der Waals surface area contributed by atoms with Crippen LogP contribution in [0.15, 0.2) is 29.6 Å². The third-order valence-electron chi connectivity index (χ3n) is 2.42. The molecular weight excluding hydrogens is 256 g/mol. The van der Waals surface area contributed by atoms with Gasteiger partial charge < -0.3 is 9.64 Å². The fourth-order valence-electron chi connectivity index (χ4n) is 1.43. The van der Waals surface area contributed by atoms with Gasteiger partial charge >= 0.3 is 0 Å². The number of nitrogens with zero attached hydrogens (tertiary/aromatic N) is 2. The standard InChI is InChI=1S/C12H13ClN2OS/c1-15(12-14-9(7-13)8-17-12)10-3-5-11(16-2)6-4-10/h3-6,8H,7H2,1-2H3. The summed E-state index contributed by atoms with van der Waals surface area (Å²) in [5.74, 6) is 1.30. The van der Waals surface area contributed by atoms with E-state index in [-0.39, 0.29) is 0 Å². The van der Waals surface area contributed by atoms with Crippen LogP contribution < -0.4 is 9.64 Å². The van der Waals surface area contributed by atoms with Gasteiger partial charge in [0.15, 0.2) is 5.13 Å². The fraction of sp³-hybridized carbons (Fsp3) is 0.250. The Morgan fingerprint density at radius 3 is 2.59 bits per heavy atom. The van der Waals surface area contributed by atoms with Crippen molar-refractivity contribution in [3.8, 4) is 5.75 Å². The summed E-state index contributed by atoms with van der Waals surface area (Å²) in [6.45, 7) is 0. The van der Waals surface area contributed by atoms with E-state index in [2.05, 4.69) is 4.98 Å². The van der Waals surface area contributed by atoms with Gasteiger partial charge in [-0.25, -0.2) is 4.98 Å². The molecule has 0 saturated carbocycles. The number of anilines is 2. The zero-order chi connectivity index (χ0) is 12.3. The minimum Gasteiger partial charge on any atom is -0.497 e. The van der Waals surface area contributed by atoms with Crippen LogP contribution in [-0.4, -0.2) is 19.1 Å². The maximum Gasteiger partial charge on any atom is 0.189 e. The van der Waals surface area contributed by atoms with Crippen LogP contribution in [0.2, 0.25) is 0 Å². The highest BCUT2D eigenvalue weighted by Crippen LogP contribution is 2.28. The van der Waals surface area contributed by atoms with Gasteiger partial charge in [0.25, 0.3) is 0 Å². The van der Waals surface area contributed by atoms with E-state index in [4.69, 9.17) is 16.3 Å². The predicted molar refractivity (Wildman–Crippen MR) is 72.7 cm³/mol. The highest BCUT2D eigenvalue weighted by molar-refractivity contribution is 7.13. The van der Waals surface area contributed by atoms with Crippen molar-refractivity contribution in [2.75, 3.05) is 19.1 Å². The van der Waals surface area contributed by atoms with Crippen LogP contribution in [-0.2, 0) is 5.88 Å². The van der Waals surface area contributed by atoms with Crippen molar-refractivity contribution < 1.29 is 4.74 Å². The van der Waals surface area contributed by atoms with Crippen LogP contribution in [0.25, 0.3) is 0 Å². The molecule has 0 N–H and O–H groups in total. The largest absolute Gasteiger partial charge is 0.497 e. The van der Waals surface area contributed by atoms with E-state index in [1.54, 1.807) is 18.4 Å². The highest BCUT2D eigenvalue weighted by atomic mass is 35.5. The average Bonchev–Trinajstić information content (AvgIpc) is 2.87. The number of hydrogen-bond donors (Lipinski definition) is 0. The second-order valence-electron chi connectivity index (χ2n) is 3.51. The molecule has 0 fully saturated rings. The lowest BCUT2D eigenvalue weighted by Gasteiger charge is -2.15. The van der Waals surface area contributed by atoms with Gasteiger partial charge in [0.1, 0.15) is 5.75 Å². The first-order valence-electron chi connectivity index (χ1n) is 5.12. The maximum absolute atomic E-state index is 5.74.